The first-order valence-corrected chi connectivity index (χ1v) is 6.94. The Labute approximate surface area is 100 Å². The molecule has 0 bridgehead atoms. The van der Waals surface area contributed by atoms with Crippen LogP contribution in [-0.4, -0.2) is 31.8 Å². The van der Waals surface area contributed by atoms with E-state index in [2.05, 4.69) is 0 Å². The Morgan fingerprint density at radius 2 is 1.88 bits per heavy atom. The van der Waals surface area contributed by atoms with Crippen LogP contribution in [0, 0.1) is 0 Å². The van der Waals surface area contributed by atoms with Crippen molar-refractivity contribution in [1.82, 2.24) is 0 Å². The Morgan fingerprint density at radius 1 is 1.35 bits per heavy atom. The van der Waals surface area contributed by atoms with E-state index in [0.29, 0.717) is 6.42 Å². The molecule has 6 heteroatoms. The molecule has 17 heavy (non-hydrogen) atoms. The van der Waals surface area contributed by atoms with Crippen LogP contribution in [0.2, 0.25) is 0 Å². The van der Waals surface area contributed by atoms with E-state index < -0.39 is 21.8 Å². The molecule has 94 valence electrons. The van der Waals surface area contributed by atoms with Gasteiger partial charge in [-0.3, -0.25) is 4.79 Å². The molecule has 0 amide bonds. The van der Waals surface area contributed by atoms with Crippen molar-refractivity contribution in [2.45, 2.75) is 23.8 Å². The Hall–Kier alpha value is -1.40. The molecular formula is C11H15NO4S. The molecule has 0 spiro atoms. The van der Waals surface area contributed by atoms with Gasteiger partial charge in [0.05, 0.1) is 11.3 Å². The molecule has 0 fully saturated rings. The standard InChI is InChI=1S/C11H15NO4S/c1-17(15,16)10-4-2-8(3-5-10)6-9(12)7-11(13)14/h2-5,9H,6-7,12H2,1H3,(H,13,14)/t9-/m0/s1. The second-order valence-electron chi connectivity index (χ2n) is 3.98. The average Bonchev–Trinajstić information content (AvgIpc) is 2.15. The quantitative estimate of drug-likeness (QED) is 0.797. The monoisotopic (exact) mass is 257 g/mol. The van der Waals surface area contributed by atoms with Crippen LogP contribution >= 0.6 is 0 Å². The van der Waals surface area contributed by atoms with Gasteiger partial charge in [-0.25, -0.2) is 8.42 Å². The van der Waals surface area contributed by atoms with Crippen molar-refractivity contribution in [2.24, 2.45) is 5.73 Å². The number of sulfone groups is 1. The molecule has 5 nitrogen and oxygen atoms in total. The van der Waals surface area contributed by atoms with Gasteiger partial charge in [-0.2, -0.15) is 0 Å². The van der Waals surface area contributed by atoms with Gasteiger partial charge < -0.3 is 10.8 Å². The van der Waals surface area contributed by atoms with Gasteiger partial charge in [-0.1, -0.05) is 12.1 Å². The normalized spacial score (nSPS) is 13.3. The predicted molar refractivity (Wildman–Crippen MR) is 63.5 cm³/mol. The van der Waals surface area contributed by atoms with Crippen molar-refractivity contribution in [1.29, 1.82) is 0 Å². The van der Waals surface area contributed by atoms with Gasteiger partial charge in [-0.05, 0) is 24.1 Å². The maximum absolute atomic E-state index is 11.2. The fraction of sp³-hybridized carbons (Fsp3) is 0.364. The van der Waals surface area contributed by atoms with Gasteiger partial charge in [-0.15, -0.1) is 0 Å². The van der Waals surface area contributed by atoms with Gasteiger partial charge in [0.1, 0.15) is 0 Å². The van der Waals surface area contributed by atoms with Crippen LogP contribution in [0.15, 0.2) is 29.2 Å². The number of aliphatic carboxylic acids is 1. The van der Waals surface area contributed by atoms with Gasteiger partial charge >= 0.3 is 5.97 Å². The van der Waals surface area contributed by atoms with Gasteiger partial charge in [0.25, 0.3) is 0 Å². The van der Waals surface area contributed by atoms with Crippen molar-refractivity contribution in [3.8, 4) is 0 Å². The lowest BCUT2D eigenvalue weighted by molar-refractivity contribution is -0.137. The van der Waals surface area contributed by atoms with E-state index in [1.165, 1.54) is 12.1 Å². The Bertz CT molecular complexity index is 493. The maximum atomic E-state index is 11.2. The lowest BCUT2D eigenvalue weighted by Gasteiger charge is -2.09. The van der Waals surface area contributed by atoms with E-state index >= 15 is 0 Å². The molecule has 0 unspecified atom stereocenters. The van der Waals surface area contributed by atoms with E-state index in [9.17, 15) is 13.2 Å². The first-order chi connectivity index (χ1) is 7.79. The summed E-state index contributed by atoms with van der Waals surface area (Å²) in [4.78, 5) is 10.7. The van der Waals surface area contributed by atoms with Gasteiger partial charge in [0, 0.05) is 12.3 Å². The molecule has 3 N–H and O–H groups in total. The van der Waals surface area contributed by atoms with Crippen LogP contribution in [0.1, 0.15) is 12.0 Å². The van der Waals surface area contributed by atoms with Crippen molar-refractivity contribution in [3.05, 3.63) is 29.8 Å². The molecule has 0 saturated heterocycles. The Morgan fingerprint density at radius 3 is 2.29 bits per heavy atom. The van der Waals surface area contributed by atoms with E-state index in [1.54, 1.807) is 12.1 Å². The van der Waals surface area contributed by atoms with E-state index in [4.69, 9.17) is 10.8 Å². The molecule has 0 aromatic heterocycles. The van der Waals surface area contributed by atoms with Crippen LogP contribution in [0.3, 0.4) is 0 Å². The second kappa shape index (κ2) is 5.29. The fourth-order valence-electron chi connectivity index (χ4n) is 1.47. The maximum Gasteiger partial charge on any atom is 0.304 e. The SMILES string of the molecule is CS(=O)(=O)c1ccc(C[C@H](N)CC(=O)O)cc1. The summed E-state index contributed by atoms with van der Waals surface area (Å²) in [7, 11) is -3.19. The number of benzene rings is 1. The number of carboxylic acids is 1. The number of rotatable bonds is 5. The minimum absolute atomic E-state index is 0.103. The minimum atomic E-state index is -3.19. The molecule has 0 radical (unpaired) electrons. The van der Waals surface area contributed by atoms with E-state index in [1.807, 2.05) is 0 Å². The highest BCUT2D eigenvalue weighted by molar-refractivity contribution is 7.90. The third-order valence-electron chi connectivity index (χ3n) is 2.29. The smallest absolute Gasteiger partial charge is 0.304 e. The number of carboxylic acid groups (broad SMARTS) is 1. The van der Waals surface area contributed by atoms with Crippen LogP contribution in [0.5, 0.6) is 0 Å². The molecular weight excluding hydrogens is 242 g/mol. The predicted octanol–water partition coefficient (Wildman–Crippen LogP) is 0.435. The number of nitrogens with two attached hydrogens (primary N) is 1. The summed E-state index contributed by atoms with van der Waals surface area (Å²) in [6.07, 6.45) is 1.45. The van der Waals surface area contributed by atoms with Crippen LogP contribution < -0.4 is 5.73 Å². The van der Waals surface area contributed by atoms with Crippen LogP contribution in [0.25, 0.3) is 0 Å². The first-order valence-electron chi connectivity index (χ1n) is 5.05. The summed E-state index contributed by atoms with van der Waals surface area (Å²) in [5.74, 6) is -0.940. The first kappa shape index (κ1) is 13.7. The van der Waals surface area contributed by atoms with E-state index in [-0.39, 0.29) is 11.3 Å². The molecule has 0 aliphatic rings. The van der Waals surface area contributed by atoms with E-state index in [0.717, 1.165) is 11.8 Å². The van der Waals surface area contributed by atoms with Crippen molar-refractivity contribution < 1.29 is 18.3 Å². The fourth-order valence-corrected chi connectivity index (χ4v) is 2.10. The molecule has 0 heterocycles. The molecule has 1 rings (SSSR count). The summed E-state index contributed by atoms with van der Waals surface area (Å²) in [5, 5.41) is 8.55. The third kappa shape index (κ3) is 4.54. The van der Waals surface area contributed by atoms with Crippen molar-refractivity contribution in [2.75, 3.05) is 6.26 Å². The highest BCUT2D eigenvalue weighted by Crippen LogP contribution is 2.12. The van der Waals surface area contributed by atoms with Crippen molar-refractivity contribution in [3.63, 3.8) is 0 Å². The molecule has 0 aliphatic heterocycles. The molecule has 0 saturated carbocycles. The number of carbonyl (C=O) groups is 1. The summed E-state index contributed by atoms with van der Waals surface area (Å²) in [5.41, 5.74) is 6.46. The highest BCUT2D eigenvalue weighted by atomic mass is 32.2. The third-order valence-corrected chi connectivity index (χ3v) is 3.41. The summed E-state index contributed by atoms with van der Waals surface area (Å²) < 4.78 is 22.4. The molecule has 0 aliphatic carbocycles. The largest absolute Gasteiger partial charge is 0.481 e. The zero-order valence-electron chi connectivity index (χ0n) is 9.46. The van der Waals surface area contributed by atoms with Gasteiger partial charge in [0.2, 0.25) is 0 Å². The molecule has 1 atom stereocenters. The highest BCUT2D eigenvalue weighted by Gasteiger charge is 2.10. The second-order valence-corrected chi connectivity index (χ2v) is 5.99. The number of hydrogen-bond acceptors (Lipinski definition) is 4. The molecule has 1 aromatic carbocycles. The average molecular weight is 257 g/mol. The Kier molecular flexibility index (Phi) is 4.25. The summed E-state index contributed by atoms with van der Waals surface area (Å²) in [6, 6.07) is 5.84. The number of hydrogen-bond donors (Lipinski definition) is 2. The summed E-state index contributed by atoms with van der Waals surface area (Å²) in [6.45, 7) is 0. The van der Waals surface area contributed by atoms with Crippen LogP contribution in [-0.2, 0) is 21.1 Å². The van der Waals surface area contributed by atoms with Gasteiger partial charge in [0.15, 0.2) is 9.84 Å². The summed E-state index contributed by atoms with van der Waals surface area (Å²) >= 11 is 0. The zero-order chi connectivity index (χ0) is 13.1. The minimum Gasteiger partial charge on any atom is -0.481 e. The van der Waals surface area contributed by atoms with Crippen molar-refractivity contribution >= 4 is 15.8 Å². The zero-order valence-corrected chi connectivity index (χ0v) is 10.3. The lowest BCUT2D eigenvalue weighted by Crippen LogP contribution is -2.26. The van der Waals surface area contributed by atoms with Crippen LogP contribution in [0.4, 0.5) is 0 Å². The Balaban J connectivity index is 2.72. The topological polar surface area (TPSA) is 97.5 Å². The molecule has 1 aromatic rings. The lowest BCUT2D eigenvalue weighted by atomic mass is 10.0.